The van der Waals surface area contributed by atoms with E-state index in [0.717, 1.165) is 12.0 Å². The standard InChI is InChI=1S/C19H29NO5/c1-15(2)9-11-24-13-17(12-18(21)22)8-10-20-19(23)25-14-16-6-4-3-5-7-16/h3-7,15,17H,8-14H2,1-2H3,(H,20,23)(H,21,22). The van der Waals surface area contributed by atoms with E-state index in [9.17, 15) is 9.59 Å². The molecular formula is C19H29NO5. The van der Waals surface area contributed by atoms with Crippen molar-refractivity contribution in [2.75, 3.05) is 19.8 Å². The molecule has 0 fully saturated rings. The van der Waals surface area contributed by atoms with Crippen molar-refractivity contribution in [2.24, 2.45) is 11.8 Å². The summed E-state index contributed by atoms with van der Waals surface area (Å²) in [6.07, 6.45) is 1.01. The van der Waals surface area contributed by atoms with E-state index in [1.807, 2.05) is 30.3 Å². The van der Waals surface area contributed by atoms with Crippen molar-refractivity contribution in [3.05, 3.63) is 35.9 Å². The third-order valence-corrected chi connectivity index (χ3v) is 3.69. The second-order valence-corrected chi connectivity index (χ2v) is 6.50. The highest BCUT2D eigenvalue weighted by Crippen LogP contribution is 2.10. The van der Waals surface area contributed by atoms with Crippen molar-refractivity contribution in [2.45, 2.75) is 39.7 Å². The van der Waals surface area contributed by atoms with Gasteiger partial charge in [-0.3, -0.25) is 4.79 Å². The topological polar surface area (TPSA) is 84.9 Å². The summed E-state index contributed by atoms with van der Waals surface area (Å²) < 4.78 is 10.7. The first-order valence-corrected chi connectivity index (χ1v) is 8.71. The first-order chi connectivity index (χ1) is 12.0. The first-order valence-electron chi connectivity index (χ1n) is 8.71. The number of rotatable bonds is 12. The lowest BCUT2D eigenvalue weighted by Crippen LogP contribution is -2.28. The number of benzene rings is 1. The van der Waals surface area contributed by atoms with Crippen LogP contribution in [0.25, 0.3) is 0 Å². The third-order valence-electron chi connectivity index (χ3n) is 3.69. The Morgan fingerprint density at radius 2 is 1.88 bits per heavy atom. The van der Waals surface area contributed by atoms with Crippen molar-refractivity contribution in [3.63, 3.8) is 0 Å². The number of hydrogen-bond donors (Lipinski definition) is 2. The summed E-state index contributed by atoms with van der Waals surface area (Å²) in [7, 11) is 0. The molecule has 2 N–H and O–H groups in total. The van der Waals surface area contributed by atoms with Gasteiger partial charge >= 0.3 is 12.1 Å². The summed E-state index contributed by atoms with van der Waals surface area (Å²) in [5.41, 5.74) is 0.917. The summed E-state index contributed by atoms with van der Waals surface area (Å²) >= 11 is 0. The van der Waals surface area contributed by atoms with E-state index < -0.39 is 12.1 Å². The average molecular weight is 351 g/mol. The van der Waals surface area contributed by atoms with Crippen molar-refractivity contribution < 1.29 is 24.2 Å². The molecule has 1 atom stereocenters. The Labute approximate surface area is 149 Å². The lowest BCUT2D eigenvalue weighted by atomic mass is 10.0. The molecule has 0 spiro atoms. The SMILES string of the molecule is CC(C)CCOCC(CCNC(=O)OCc1ccccc1)CC(=O)O. The minimum absolute atomic E-state index is 0.0302. The highest BCUT2D eigenvalue weighted by Gasteiger charge is 2.14. The normalized spacial score (nSPS) is 12.0. The molecule has 0 radical (unpaired) electrons. The zero-order valence-corrected chi connectivity index (χ0v) is 15.1. The van der Waals surface area contributed by atoms with Gasteiger partial charge in [0, 0.05) is 13.2 Å². The molecule has 1 aromatic rings. The average Bonchev–Trinajstić information content (AvgIpc) is 2.57. The van der Waals surface area contributed by atoms with Crippen LogP contribution in [-0.4, -0.2) is 36.9 Å². The highest BCUT2D eigenvalue weighted by atomic mass is 16.5. The number of carboxylic acids is 1. The molecule has 140 valence electrons. The van der Waals surface area contributed by atoms with E-state index in [-0.39, 0.29) is 18.9 Å². The van der Waals surface area contributed by atoms with Gasteiger partial charge in [0.2, 0.25) is 0 Å². The predicted octanol–water partition coefficient (Wildman–Crippen LogP) is 3.46. The maximum atomic E-state index is 11.7. The molecule has 6 nitrogen and oxygen atoms in total. The number of carbonyl (C=O) groups is 2. The van der Waals surface area contributed by atoms with E-state index in [1.165, 1.54) is 0 Å². The number of hydrogen-bond acceptors (Lipinski definition) is 4. The fourth-order valence-electron chi connectivity index (χ4n) is 2.21. The van der Waals surface area contributed by atoms with Gasteiger partial charge in [0.25, 0.3) is 0 Å². The van der Waals surface area contributed by atoms with E-state index in [4.69, 9.17) is 14.6 Å². The quantitative estimate of drug-likeness (QED) is 0.563. The maximum absolute atomic E-state index is 11.7. The van der Waals surface area contributed by atoms with Crippen molar-refractivity contribution in [3.8, 4) is 0 Å². The number of amides is 1. The van der Waals surface area contributed by atoms with Crippen LogP contribution in [-0.2, 0) is 20.9 Å². The Bertz CT molecular complexity index is 504. The summed E-state index contributed by atoms with van der Waals surface area (Å²) in [4.78, 5) is 22.6. The van der Waals surface area contributed by atoms with Gasteiger partial charge in [0.05, 0.1) is 13.0 Å². The molecule has 6 heteroatoms. The third kappa shape index (κ3) is 11.2. The van der Waals surface area contributed by atoms with E-state index in [0.29, 0.717) is 32.1 Å². The fourth-order valence-corrected chi connectivity index (χ4v) is 2.21. The molecule has 0 heterocycles. The van der Waals surface area contributed by atoms with Crippen LogP contribution in [0.5, 0.6) is 0 Å². The molecule has 0 saturated carbocycles. The molecule has 0 saturated heterocycles. The number of alkyl carbamates (subject to hydrolysis) is 1. The molecule has 0 aromatic heterocycles. The summed E-state index contributed by atoms with van der Waals surface area (Å²) in [6, 6.07) is 9.42. The van der Waals surface area contributed by atoms with Crippen LogP contribution in [0.2, 0.25) is 0 Å². The Hall–Kier alpha value is -2.08. The summed E-state index contributed by atoms with van der Waals surface area (Å²) in [5, 5.41) is 11.6. The van der Waals surface area contributed by atoms with Crippen LogP contribution in [0.4, 0.5) is 4.79 Å². The molecule has 1 amide bonds. The molecule has 0 bridgehead atoms. The van der Waals surface area contributed by atoms with E-state index in [2.05, 4.69) is 19.2 Å². The van der Waals surface area contributed by atoms with Crippen LogP contribution in [0.3, 0.4) is 0 Å². The minimum atomic E-state index is -0.857. The van der Waals surface area contributed by atoms with Gasteiger partial charge in [0.15, 0.2) is 0 Å². The summed E-state index contributed by atoms with van der Waals surface area (Å²) in [5.74, 6) is -0.429. The van der Waals surface area contributed by atoms with Gasteiger partial charge in [0.1, 0.15) is 6.61 Å². The Morgan fingerprint density at radius 1 is 1.16 bits per heavy atom. The van der Waals surface area contributed by atoms with E-state index >= 15 is 0 Å². The zero-order chi connectivity index (χ0) is 18.5. The van der Waals surface area contributed by atoms with Crippen molar-refractivity contribution in [1.82, 2.24) is 5.32 Å². The number of carbonyl (C=O) groups excluding carboxylic acids is 1. The number of nitrogens with one attached hydrogen (secondary N) is 1. The molecule has 0 aliphatic heterocycles. The lowest BCUT2D eigenvalue weighted by Gasteiger charge is -2.16. The first kappa shape index (κ1) is 21.0. The Balaban J connectivity index is 2.23. The molecule has 1 unspecified atom stereocenters. The molecular weight excluding hydrogens is 322 g/mol. The highest BCUT2D eigenvalue weighted by molar-refractivity contribution is 5.67. The van der Waals surface area contributed by atoms with Gasteiger partial charge in [-0.1, -0.05) is 44.2 Å². The molecule has 1 aromatic carbocycles. The number of carboxylic acid groups (broad SMARTS) is 1. The molecule has 0 aliphatic carbocycles. The fraction of sp³-hybridized carbons (Fsp3) is 0.579. The number of aliphatic carboxylic acids is 1. The lowest BCUT2D eigenvalue weighted by molar-refractivity contribution is -0.138. The molecule has 0 aliphatic rings. The monoisotopic (exact) mass is 351 g/mol. The summed E-state index contributed by atoms with van der Waals surface area (Å²) in [6.45, 7) is 5.81. The van der Waals surface area contributed by atoms with Crippen LogP contribution in [0.15, 0.2) is 30.3 Å². The molecule has 1 rings (SSSR count). The Kier molecular flexibility index (Phi) is 10.3. The largest absolute Gasteiger partial charge is 0.481 e. The Morgan fingerprint density at radius 3 is 2.52 bits per heavy atom. The minimum Gasteiger partial charge on any atom is -0.481 e. The number of ether oxygens (including phenoxy) is 2. The van der Waals surface area contributed by atoms with Crippen LogP contribution in [0, 0.1) is 11.8 Å². The van der Waals surface area contributed by atoms with Crippen molar-refractivity contribution in [1.29, 1.82) is 0 Å². The van der Waals surface area contributed by atoms with Crippen LogP contribution >= 0.6 is 0 Å². The van der Waals surface area contributed by atoms with Gasteiger partial charge < -0.3 is 19.9 Å². The van der Waals surface area contributed by atoms with Gasteiger partial charge in [-0.15, -0.1) is 0 Å². The second-order valence-electron chi connectivity index (χ2n) is 6.50. The van der Waals surface area contributed by atoms with E-state index in [1.54, 1.807) is 0 Å². The van der Waals surface area contributed by atoms with Gasteiger partial charge in [-0.2, -0.15) is 0 Å². The second kappa shape index (κ2) is 12.3. The zero-order valence-electron chi connectivity index (χ0n) is 15.1. The van der Waals surface area contributed by atoms with Gasteiger partial charge in [-0.05, 0) is 30.2 Å². The maximum Gasteiger partial charge on any atom is 0.407 e. The van der Waals surface area contributed by atoms with Crippen molar-refractivity contribution >= 4 is 12.1 Å². The van der Waals surface area contributed by atoms with Crippen LogP contribution < -0.4 is 5.32 Å². The van der Waals surface area contributed by atoms with Gasteiger partial charge in [-0.25, -0.2) is 4.79 Å². The molecule has 25 heavy (non-hydrogen) atoms. The predicted molar refractivity (Wildman–Crippen MR) is 95.3 cm³/mol. The van der Waals surface area contributed by atoms with Crippen LogP contribution in [0.1, 0.15) is 38.7 Å². The smallest absolute Gasteiger partial charge is 0.407 e.